The van der Waals surface area contributed by atoms with Crippen LogP contribution in [-0.4, -0.2) is 25.6 Å². The lowest BCUT2D eigenvalue weighted by atomic mass is 10.1. The lowest BCUT2D eigenvalue weighted by molar-refractivity contribution is -0.307. The number of benzene rings is 2. The molecule has 0 aromatic heterocycles. The van der Waals surface area contributed by atoms with Gasteiger partial charge in [0.05, 0.1) is 18.1 Å². The van der Waals surface area contributed by atoms with Crippen LogP contribution in [0.15, 0.2) is 48.0 Å². The standard InChI is InChI=1S/C19H15ClN2O5/c1-26-17-7-6-14(9-15(17)20)22-19(25)13(10-21)8-12-4-2-3-5-16(12)27-11-18(23)24/h2-9H,11H2,1H3,(H,22,25)(H,23,24)/p-1/b13-8+. The Morgan fingerprint density at radius 2 is 2.00 bits per heavy atom. The van der Waals surface area contributed by atoms with Crippen molar-refractivity contribution < 1.29 is 24.2 Å². The van der Waals surface area contributed by atoms with Crippen LogP contribution in [0.4, 0.5) is 5.69 Å². The van der Waals surface area contributed by atoms with Crippen LogP contribution in [0.2, 0.25) is 5.02 Å². The van der Waals surface area contributed by atoms with Crippen LogP contribution in [0.3, 0.4) is 0 Å². The third-order valence-electron chi connectivity index (χ3n) is 3.34. The lowest BCUT2D eigenvalue weighted by Gasteiger charge is -2.10. The molecular weight excluding hydrogens is 372 g/mol. The van der Waals surface area contributed by atoms with Crippen LogP contribution in [0.25, 0.3) is 6.08 Å². The number of amides is 1. The second-order valence-corrected chi connectivity index (χ2v) is 5.58. The Hall–Kier alpha value is -3.50. The first-order valence-corrected chi connectivity index (χ1v) is 8.00. The Balaban J connectivity index is 2.23. The molecule has 2 aromatic rings. The molecule has 0 radical (unpaired) electrons. The van der Waals surface area contributed by atoms with E-state index >= 15 is 0 Å². The van der Waals surface area contributed by atoms with Gasteiger partial charge >= 0.3 is 0 Å². The number of nitrogens with zero attached hydrogens (tertiary/aromatic N) is 1. The Labute approximate surface area is 160 Å². The molecule has 0 bridgehead atoms. The summed E-state index contributed by atoms with van der Waals surface area (Å²) in [6.45, 7) is -0.650. The number of para-hydroxylation sites is 1. The highest BCUT2D eigenvalue weighted by atomic mass is 35.5. The van der Waals surface area contributed by atoms with Crippen molar-refractivity contribution >= 4 is 35.2 Å². The summed E-state index contributed by atoms with van der Waals surface area (Å²) in [5.74, 6) is -1.39. The van der Waals surface area contributed by atoms with E-state index in [0.717, 1.165) is 0 Å². The summed E-state index contributed by atoms with van der Waals surface area (Å²) < 4.78 is 10.1. The number of hydrogen-bond donors (Lipinski definition) is 1. The van der Waals surface area contributed by atoms with Crippen LogP contribution in [-0.2, 0) is 9.59 Å². The van der Waals surface area contributed by atoms with Gasteiger partial charge in [0.1, 0.15) is 29.7 Å². The van der Waals surface area contributed by atoms with Crippen molar-refractivity contribution in [2.45, 2.75) is 0 Å². The third kappa shape index (κ3) is 5.49. The summed E-state index contributed by atoms with van der Waals surface area (Å²) in [5.41, 5.74) is 0.554. The number of nitrogens with one attached hydrogen (secondary N) is 1. The number of carbonyl (C=O) groups excluding carboxylic acids is 2. The molecule has 0 saturated heterocycles. The van der Waals surface area contributed by atoms with E-state index in [1.807, 2.05) is 0 Å². The minimum atomic E-state index is -1.39. The van der Waals surface area contributed by atoms with Gasteiger partial charge in [-0.1, -0.05) is 29.8 Å². The summed E-state index contributed by atoms with van der Waals surface area (Å²) in [5, 5.41) is 22.7. The molecule has 0 fully saturated rings. The average molecular weight is 386 g/mol. The average Bonchev–Trinajstić information content (AvgIpc) is 2.65. The first kappa shape index (κ1) is 19.8. The smallest absolute Gasteiger partial charge is 0.266 e. The van der Waals surface area contributed by atoms with E-state index < -0.39 is 18.5 Å². The van der Waals surface area contributed by atoms with E-state index in [2.05, 4.69) is 5.32 Å². The van der Waals surface area contributed by atoms with Crippen LogP contribution >= 0.6 is 11.6 Å². The number of halogens is 1. The molecule has 1 amide bonds. The van der Waals surface area contributed by atoms with Crippen LogP contribution in [0.1, 0.15) is 5.56 Å². The van der Waals surface area contributed by atoms with Crippen LogP contribution < -0.4 is 19.9 Å². The largest absolute Gasteiger partial charge is 0.546 e. The van der Waals surface area contributed by atoms with Crippen molar-refractivity contribution in [1.29, 1.82) is 5.26 Å². The van der Waals surface area contributed by atoms with Gasteiger partial charge in [-0.05, 0) is 30.3 Å². The Morgan fingerprint density at radius 3 is 2.63 bits per heavy atom. The minimum Gasteiger partial charge on any atom is -0.546 e. The van der Waals surface area contributed by atoms with Gasteiger partial charge in [-0.3, -0.25) is 4.79 Å². The predicted molar refractivity (Wildman–Crippen MR) is 97.2 cm³/mol. The van der Waals surface area contributed by atoms with Crippen LogP contribution in [0, 0.1) is 11.3 Å². The van der Waals surface area contributed by atoms with Gasteiger partial charge in [0.15, 0.2) is 0 Å². The summed E-state index contributed by atoms with van der Waals surface area (Å²) in [6, 6.07) is 12.8. The molecule has 0 unspecified atom stereocenters. The van der Waals surface area contributed by atoms with Gasteiger partial charge in [-0.25, -0.2) is 0 Å². The van der Waals surface area contributed by atoms with E-state index in [-0.39, 0.29) is 11.3 Å². The zero-order valence-corrected chi connectivity index (χ0v) is 14.9. The molecule has 138 valence electrons. The van der Waals surface area contributed by atoms with Crippen molar-refractivity contribution in [2.75, 3.05) is 19.0 Å². The third-order valence-corrected chi connectivity index (χ3v) is 3.63. The highest BCUT2D eigenvalue weighted by molar-refractivity contribution is 6.32. The zero-order chi connectivity index (χ0) is 19.8. The van der Waals surface area contributed by atoms with Crippen molar-refractivity contribution in [2.24, 2.45) is 0 Å². The topological polar surface area (TPSA) is 111 Å². The Bertz CT molecular complexity index is 934. The van der Waals surface area contributed by atoms with Crippen LogP contribution in [0.5, 0.6) is 11.5 Å². The number of anilines is 1. The van der Waals surface area contributed by atoms with Gasteiger partial charge in [0.25, 0.3) is 5.91 Å². The SMILES string of the molecule is COc1ccc(NC(=O)/C(C#N)=C/c2ccccc2OCC(=O)[O-])cc1Cl. The lowest BCUT2D eigenvalue weighted by Crippen LogP contribution is -2.29. The molecule has 7 nitrogen and oxygen atoms in total. The molecule has 2 rings (SSSR count). The molecule has 0 aliphatic rings. The van der Waals surface area contributed by atoms with Crippen molar-refractivity contribution in [1.82, 2.24) is 0 Å². The molecule has 0 atom stereocenters. The summed E-state index contributed by atoms with van der Waals surface area (Å²) >= 11 is 6.01. The monoisotopic (exact) mass is 385 g/mol. The summed E-state index contributed by atoms with van der Waals surface area (Å²) in [6.07, 6.45) is 1.30. The van der Waals surface area contributed by atoms with E-state index in [0.29, 0.717) is 22.0 Å². The fourth-order valence-electron chi connectivity index (χ4n) is 2.11. The number of methoxy groups -OCH3 is 1. The van der Waals surface area contributed by atoms with Gasteiger partial charge in [-0.2, -0.15) is 5.26 Å². The molecule has 27 heavy (non-hydrogen) atoms. The maximum Gasteiger partial charge on any atom is 0.266 e. The van der Waals surface area contributed by atoms with Crippen molar-refractivity contribution in [3.63, 3.8) is 0 Å². The minimum absolute atomic E-state index is 0.202. The number of nitriles is 1. The fraction of sp³-hybridized carbons (Fsp3) is 0.105. The van der Waals surface area contributed by atoms with E-state index in [1.54, 1.807) is 36.4 Å². The number of carboxylic acids is 1. The number of rotatable bonds is 7. The number of ether oxygens (including phenoxy) is 2. The second-order valence-electron chi connectivity index (χ2n) is 5.17. The van der Waals surface area contributed by atoms with Crippen molar-refractivity contribution in [3.8, 4) is 17.6 Å². The molecule has 0 spiro atoms. The quantitative estimate of drug-likeness (QED) is 0.576. The number of carbonyl (C=O) groups is 2. The molecule has 0 heterocycles. The zero-order valence-electron chi connectivity index (χ0n) is 14.2. The van der Waals surface area contributed by atoms with E-state index in [1.165, 1.54) is 25.3 Å². The predicted octanol–water partition coefficient (Wildman–Crippen LogP) is 2.02. The summed E-state index contributed by atoms with van der Waals surface area (Å²) in [4.78, 5) is 22.9. The highest BCUT2D eigenvalue weighted by Gasteiger charge is 2.12. The first-order valence-electron chi connectivity index (χ1n) is 7.63. The summed E-state index contributed by atoms with van der Waals surface area (Å²) in [7, 11) is 1.47. The molecular formula is C19H14ClN2O5-. The number of aliphatic carboxylic acids is 1. The Morgan fingerprint density at radius 1 is 1.26 bits per heavy atom. The van der Waals surface area contributed by atoms with Gasteiger partial charge in [-0.15, -0.1) is 0 Å². The Kier molecular flexibility index (Phi) is 6.80. The molecule has 0 aliphatic heterocycles. The first-order chi connectivity index (χ1) is 12.9. The maximum atomic E-state index is 12.4. The second kappa shape index (κ2) is 9.27. The fourth-order valence-corrected chi connectivity index (χ4v) is 2.37. The van der Waals surface area contributed by atoms with Crippen molar-refractivity contribution in [3.05, 3.63) is 58.6 Å². The van der Waals surface area contributed by atoms with Gasteiger partial charge < -0.3 is 24.7 Å². The molecule has 0 saturated carbocycles. The van der Waals surface area contributed by atoms with E-state index in [4.69, 9.17) is 21.1 Å². The van der Waals surface area contributed by atoms with Gasteiger partial charge in [0.2, 0.25) is 0 Å². The highest BCUT2D eigenvalue weighted by Crippen LogP contribution is 2.27. The normalized spacial score (nSPS) is 10.6. The molecule has 1 N–H and O–H groups in total. The molecule has 0 aliphatic carbocycles. The van der Waals surface area contributed by atoms with Gasteiger partial charge in [0, 0.05) is 11.3 Å². The van der Waals surface area contributed by atoms with E-state index in [9.17, 15) is 20.0 Å². The number of carboxylic acid groups (broad SMARTS) is 1. The maximum absolute atomic E-state index is 12.4. The molecule has 2 aromatic carbocycles. The number of hydrogen-bond acceptors (Lipinski definition) is 6. The molecule has 8 heteroatoms.